The Morgan fingerprint density at radius 3 is 2.42 bits per heavy atom. The molecule has 1 heterocycles. The van der Waals surface area contributed by atoms with Gasteiger partial charge in [0, 0.05) is 15.8 Å². The second-order valence-electron chi connectivity index (χ2n) is 5.89. The van der Waals surface area contributed by atoms with Crippen molar-refractivity contribution in [1.82, 2.24) is 0 Å². The zero-order chi connectivity index (χ0) is 18.1. The molecule has 0 bridgehead atoms. The van der Waals surface area contributed by atoms with E-state index >= 15 is 0 Å². The molecule has 0 amide bonds. The summed E-state index contributed by atoms with van der Waals surface area (Å²) in [6.07, 6.45) is -0.757. The number of benzene rings is 3. The fraction of sp³-hybridized carbons (Fsp3) is 0.0952. The molecule has 0 saturated carbocycles. The first-order valence-electron chi connectivity index (χ1n) is 8.15. The minimum Gasteiger partial charge on any atom is -0.479 e. The van der Waals surface area contributed by atoms with Gasteiger partial charge in [0.1, 0.15) is 22.7 Å². The number of carbonyl (C=O) groups is 1. The molecule has 0 aliphatic carbocycles. The molecule has 0 aliphatic rings. The van der Waals surface area contributed by atoms with E-state index < -0.39 is 12.1 Å². The van der Waals surface area contributed by atoms with Crippen molar-refractivity contribution in [2.45, 2.75) is 13.0 Å². The highest BCUT2D eigenvalue weighted by molar-refractivity contribution is 6.30. The van der Waals surface area contributed by atoms with Gasteiger partial charge in [-0.1, -0.05) is 29.8 Å². The van der Waals surface area contributed by atoms with Crippen LogP contribution in [0.4, 0.5) is 0 Å². The van der Waals surface area contributed by atoms with E-state index in [4.69, 9.17) is 25.5 Å². The van der Waals surface area contributed by atoms with E-state index in [2.05, 4.69) is 0 Å². The average molecular weight is 367 g/mol. The van der Waals surface area contributed by atoms with Crippen LogP contribution in [-0.2, 0) is 4.79 Å². The van der Waals surface area contributed by atoms with E-state index in [1.165, 1.54) is 0 Å². The molecule has 0 fully saturated rings. The van der Waals surface area contributed by atoms with Gasteiger partial charge in [0.2, 0.25) is 0 Å². The molecule has 0 N–H and O–H groups in total. The van der Waals surface area contributed by atoms with Crippen molar-refractivity contribution < 1.29 is 18.7 Å². The maximum atomic E-state index is 12.3. The summed E-state index contributed by atoms with van der Waals surface area (Å²) < 4.78 is 16.8. The maximum Gasteiger partial charge on any atom is 0.352 e. The Bertz CT molecular complexity index is 1080. The van der Waals surface area contributed by atoms with Gasteiger partial charge in [-0.2, -0.15) is 0 Å². The highest BCUT2D eigenvalue weighted by Gasteiger charge is 2.18. The third-order valence-electron chi connectivity index (χ3n) is 4.03. The number of fused-ring (bicyclic) bond motifs is 3. The highest BCUT2D eigenvalue weighted by atomic mass is 35.5. The molecule has 4 aromatic rings. The van der Waals surface area contributed by atoms with Crippen LogP contribution in [0.2, 0.25) is 5.02 Å². The quantitative estimate of drug-likeness (QED) is 0.348. The van der Waals surface area contributed by atoms with E-state index in [-0.39, 0.29) is 0 Å². The van der Waals surface area contributed by atoms with Crippen LogP contribution in [-0.4, -0.2) is 12.1 Å². The topological polar surface area (TPSA) is 48.7 Å². The molecule has 0 spiro atoms. The van der Waals surface area contributed by atoms with E-state index in [1.807, 2.05) is 24.3 Å². The average Bonchev–Trinajstić information content (AvgIpc) is 3.01. The molecule has 0 saturated heterocycles. The van der Waals surface area contributed by atoms with Gasteiger partial charge in [-0.3, -0.25) is 0 Å². The van der Waals surface area contributed by atoms with E-state index in [0.29, 0.717) is 16.5 Å². The van der Waals surface area contributed by atoms with E-state index in [0.717, 1.165) is 21.9 Å². The van der Waals surface area contributed by atoms with Crippen molar-refractivity contribution in [3.8, 4) is 11.5 Å². The zero-order valence-electron chi connectivity index (χ0n) is 13.9. The largest absolute Gasteiger partial charge is 0.479 e. The Morgan fingerprint density at radius 2 is 1.62 bits per heavy atom. The maximum absolute atomic E-state index is 12.3. The number of hydrogen-bond donors (Lipinski definition) is 0. The molecular weight excluding hydrogens is 352 g/mol. The van der Waals surface area contributed by atoms with Crippen LogP contribution in [0.25, 0.3) is 21.9 Å². The summed E-state index contributed by atoms with van der Waals surface area (Å²) in [6, 6.07) is 19.8. The van der Waals surface area contributed by atoms with Gasteiger partial charge in [0.05, 0.1) is 0 Å². The van der Waals surface area contributed by atoms with Gasteiger partial charge in [0.25, 0.3) is 0 Å². The number of esters is 1. The SMILES string of the molecule is CC(Oc1ccc(Cl)cc1)C(=O)Oc1ccc2oc3ccccc3c2c1. The molecular formula is C21H15ClO4. The fourth-order valence-electron chi connectivity index (χ4n) is 2.73. The van der Waals surface area contributed by atoms with E-state index in [9.17, 15) is 4.79 Å². The normalized spacial score (nSPS) is 12.2. The van der Waals surface area contributed by atoms with E-state index in [1.54, 1.807) is 49.4 Å². The molecule has 5 heteroatoms. The third-order valence-corrected chi connectivity index (χ3v) is 4.28. The summed E-state index contributed by atoms with van der Waals surface area (Å²) in [5.74, 6) is 0.517. The number of para-hydroxylation sites is 1. The lowest BCUT2D eigenvalue weighted by atomic mass is 10.1. The standard InChI is InChI=1S/C21H15ClO4/c1-13(24-15-8-6-14(22)7-9-15)21(23)25-16-10-11-20-18(12-16)17-4-2-3-5-19(17)26-20/h2-13H,1H3. The minimum absolute atomic E-state index is 0.445. The lowest BCUT2D eigenvalue weighted by molar-refractivity contribution is -0.141. The molecule has 0 aliphatic heterocycles. The first-order chi connectivity index (χ1) is 12.6. The Balaban J connectivity index is 1.53. The number of halogens is 1. The lowest BCUT2D eigenvalue weighted by Crippen LogP contribution is -2.28. The Labute approximate surface area is 154 Å². The predicted octanol–water partition coefficient (Wildman–Crippen LogP) is 5.61. The van der Waals surface area contributed by atoms with Gasteiger partial charge in [-0.15, -0.1) is 0 Å². The van der Waals surface area contributed by atoms with Crippen molar-refractivity contribution >= 4 is 39.5 Å². The monoisotopic (exact) mass is 366 g/mol. The van der Waals surface area contributed by atoms with Crippen molar-refractivity contribution in [2.24, 2.45) is 0 Å². The van der Waals surface area contributed by atoms with Crippen molar-refractivity contribution in [3.05, 3.63) is 71.8 Å². The Kier molecular flexibility index (Phi) is 4.27. The van der Waals surface area contributed by atoms with Crippen molar-refractivity contribution in [3.63, 3.8) is 0 Å². The van der Waals surface area contributed by atoms with Crippen molar-refractivity contribution in [2.75, 3.05) is 0 Å². The minimum atomic E-state index is -0.757. The molecule has 4 nitrogen and oxygen atoms in total. The van der Waals surface area contributed by atoms with Crippen LogP contribution in [0, 0.1) is 0 Å². The molecule has 1 atom stereocenters. The number of furan rings is 1. The first-order valence-corrected chi connectivity index (χ1v) is 8.53. The molecule has 0 radical (unpaired) electrons. The molecule has 1 aromatic heterocycles. The summed E-state index contributed by atoms with van der Waals surface area (Å²) in [7, 11) is 0. The lowest BCUT2D eigenvalue weighted by Gasteiger charge is -2.13. The molecule has 4 rings (SSSR count). The molecule has 3 aromatic carbocycles. The van der Waals surface area contributed by atoms with Gasteiger partial charge in [-0.05, 0) is 55.5 Å². The summed E-state index contributed by atoms with van der Waals surface area (Å²) >= 11 is 5.84. The van der Waals surface area contributed by atoms with Gasteiger partial charge in [0.15, 0.2) is 6.10 Å². The number of hydrogen-bond acceptors (Lipinski definition) is 4. The van der Waals surface area contributed by atoms with Crippen LogP contribution < -0.4 is 9.47 Å². The third kappa shape index (κ3) is 3.24. The smallest absolute Gasteiger partial charge is 0.352 e. The predicted molar refractivity (Wildman–Crippen MR) is 101 cm³/mol. The van der Waals surface area contributed by atoms with Gasteiger partial charge >= 0.3 is 5.97 Å². The molecule has 130 valence electrons. The van der Waals surface area contributed by atoms with Crippen LogP contribution in [0.3, 0.4) is 0 Å². The van der Waals surface area contributed by atoms with Crippen LogP contribution >= 0.6 is 11.6 Å². The Hall–Kier alpha value is -2.98. The Morgan fingerprint density at radius 1 is 0.923 bits per heavy atom. The second-order valence-corrected chi connectivity index (χ2v) is 6.33. The summed E-state index contributed by atoms with van der Waals surface area (Å²) in [6.45, 7) is 1.64. The zero-order valence-corrected chi connectivity index (χ0v) is 14.7. The van der Waals surface area contributed by atoms with Crippen LogP contribution in [0.1, 0.15) is 6.92 Å². The second kappa shape index (κ2) is 6.73. The van der Waals surface area contributed by atoms with Gasteiger partial charge in [-0.25, -0.2) is 4.79 Å². The fourth-order valence-corrected chi connectivity index (χ4v) is 2.86. The molecule has 26 heavy (non-hydrogen) atoms. The summed E-state index contributed by atoms with van der Waals surface area (Å²) in [4.78, 5) is 12.3. The highest BCUT2D eigenvalue weighted by Crippen LogP contribution is 2.31. The van der Waals surface area contributed by atoms with Gasteiger partial charge < -0.3 is 13.9 Å². The number of ether oxygens (including phenoxy) is 2. The van der Waals surface area contributed by atoms with Crippen molar-refractivity contribution in [1.29, 1.82) is 0 Å². The first kappa shape index (κ1) is 16.5. The molecule has 1 unspecified atom stereocenters. The van der Waals surface area contributed by atoms with Crippen LogP contribution in [0.15, 0.2) is 71.1 Å². The summed E-state index contributed by atoms with van der Waals surface area (Å²) in [5, 5.41) is 2.48. The van der Waals surface area contributed by atoms with Crippen LogP contribution in [0.5, 0.6) is 11.5 Å². The number of carbonyl (C=O) groups excluding carboxylic acids is 1. The number of rotatable bonds is 4. The summed E-state index contributed by atoms with van der Waals surface area (Å²) in [5.41, 5.74) is 1.54.